The number of fused-ring (bicyclic) bond motifs is 1. The van der Waals surface area contributed by atoms with Crippen LogP contribution < -0.4 is 0 Å². The van der Waals surface area contributed by atoms with Gasteiger partial charge in [0.25, 0.3) is 0 Å². The molecule has 0 aliphatic heterocycles. The molecule has 1 aromatic carbocycles. The van der Waals surface area contributed by atoms with Crippen molar-refractivity contribution >= 4 is 17.0 Å². The van der Waals surface area contributed by atoms with Gasteiger partial charge in [-0.2, -0.15) is 13.2 Å². The normalized spacial score (nSPS) is 11.2. The first kappa shape index (κ1) is 17.0. The van der Waals surface area contributed by atoms with E-state index in [9.17, 15) is 18.0 Å². The number of nitrogens with zero attached hydrogens (tertiary/aromatic N) is 2. The van der Waals surface area contributed by atoms with Crippen molar-refractivity contribution < 1.29 is 23.1 Å². The average molecular weight is 302 g/mol. The lowest BCUT2D eigenvalue weighted by molar-refractivity contribution is -0.146. The fourth-order valence-electron chi connectivity index (χ4n) is 1.83. The first-order valence-corrected chi connectivity index (χ1v) is 6.41. The quantitative estimate of drug-likeness (QED) is 0.865. The highest BCUT2D eigenvalue weighted by atomic mass is 19.4. The Hall–Kier alpha value is -2.05. The van der Waals surface area contributed by atoms with E-state index in [-0.39, 0.29) is 16.6 Å². The Balaban J connectivity index is 0.000000677. The van der Waals surface area contributed by atoms with Crippen molar-refractivity contribution in [2.45, 2.75) is 33.4 Å². The van der Waals surface area contributed by atoms with Gasteiger partial charge in [0.1, 0.15) is 0 Å². The van der Waals surface area contributed by atoms with Crippen LogP contribution in [-0.2, 0) is 13.2 Å². The molecule has 0 aliphatic carbocycles. The van der Waals surface area contributed by atoms with Crippen molar-refractivity contribution in [2.24, 2.45) is 7.05 Å². The first-order valence-electron chi connectivity index (χ1n) is 6.41. The number of aryl methyl sites for hydroxylation is 2. The molecule has 0 spiro atoms. The molecule has 0 unspecified atom stereocenters. The molecule has 0 saturated carbocycles. The third-order valence-corrected chi connectivity index (χ3v) is 2.71. The fraction of sp³-hybridized carbons (Fsp3) is 0.429. The molecule has 1 heterocycles. The number of aromatic nitrogens is 2. The van der Waals surface area contributed by atoms with Crippen LogP contribution >= 0.6 is 0 Å². The second-order valence-electron chi connectivity index (χ2n) is 4.66. The molecule has 7 heteroatoms. The summed E-state index contributed by atoms with van der Waals surface area (Å²) in [6.07, 6.45) is -3.31. The minimum atomic E-state index is -4.56. The zero-order chi connectivity index (χ0) is 16.4. The number of carboxylic acids is 1. The van der Waals surface area contributed by atoms with E-state index in [0.717, 1.165) is 10.6 Å². The van der Waals surface area contributed by atoms with E-state index in [1.54, 1.807) is 0 Å². The number of alkyl halides is 3. The van der Waals surface area contributed by atoms with Gasteiger partial charge in [0.2, 0.25) is 5.82 Å². The van der Waals surface area contributed by atoms with Crippen LogP contribution in [0.25, 0.3) is 11.0 Å². The van der Waals surface area contributed by atoms with Crippen molar-refractivity contribution in [1.29, 1.82) is 0 Å². The molecule has 0 aliphatic rings. The lowest BCUT2D eigenvalue weighted by atomic mass is 10.1. The summed E-state index contributed by atoms with van der Waals surface area (Å²) in [5, 5.41) is 8.90. The monoisotopic (exact) mass is 302 g/mol. The van der Waals surface area contributed by atoms with E-state index in [1.165, 1.54) is 26.5 Å². The van der Waals surface area contributed by atoms with Crippen molar-refractivity contribution in [3.8, 4) is 0 Å². The highest BCUT2D eigenvalue weighted by Gasteiger charge is 2.36. The van der Waals surface area contributed by atoms with Gasteiger partial charge in [-0.25, -0.2) is 9.78 Å². The summed E-state index contributed by atoms with van der Waals surface area (Å²) in [5.74, 6) is -2.23. The van der Waals surface area contributed by atoms with Crippen LogP contribution in [0, 0.1) is 6.92 Å². The average Bonchev–Trinajstić information content (AvgIpc) is 2.66. The summed E-state index contributed by atoms with van der Waals surface area (Å²) in [6.45, 7) is 5.78. The standard InChI is InChI=1S/C11H9F3N2O2.C3H8/c1-5-3-8-7(4-6(5)9(17)18)15-10(16(8)2)11(12,13)14;1-3-2/h3-4H,1-2H3,(H,17,18);3H2,1-2H3. The lowest BCUT2D eigenvalue weighted by Crippen LogP contribution is -2.12. The van der Waals surface area contributed by atoms with Crippen LogP contribution in [0.4, 0.5) is 13.2 Å². The molecule has 1 N–H and O–H groups in total. The Morgan fingerprint density at radius 2 is 1.86 bits per heavy atom. The van der Waals surface area contributed by atoms with E-state index in [1.807, 2.05) is 0 Å². The summed E-state index contributed by atoms with van der Waals surface area (Å²) < 4.78 is 38.9. The third-order valence-electron chi connectivity index (χ3n) is 2.71. The molecule has 21 heavy (non-hydrogen) atoms. The molecule has 0 atom stereocenters. The maximum Gasteiger partial charge on any atom is 0.449 e. The number of hydrogen-bond acceptors (Lipinski definition) is 2. The summed E-state index contributed by atoms with van der Waals surface area (Å²) in [4.78, 5) is 14.3. The molecular formula is C14H17F3N2O2. The minimum Gasteiger partial charge on any atom is -0.478 e. The van der Waals surface area contributed by atoms with Gasteiger partial charge < -0.3 is 9.67 Å². The molecule has 2 rings (SSSR count). The molecule has 0 saturated heterocycles. The molecule has 0 radical (unpaired) electrons. The number of hydrogen-bond donors (Lipinski definition) is 1. The number of rotatable bonds is 1. The minimum absolute atomic E-state index is 0.0211. The van der Waals surface area contributed by atoms with Crippen LogP contribution in [0.3, 0.4) is 0 Å². The topological polar surface area (TPSA) is 55.1 Å². The van der Waals surface area contributed by atoms with Crippen molar-refractivity contribution in [3.05, 3.63) is 29.1 Å². The van der Waals surface area contributed by atoms with Crippen molar-refractivity contribution in [1.82, 2.24) is 9.55 Å². The molecule has 116 valence electrons. The first-order chi connectivity index (χ1) is 9.63. The lowest BCUT2D eigenvalue weighted by Gasteiger charge is -2.05. The second kappa shape index (κ2) is 6.15. The number of carbonyl (C=O) groups is 1. The molecule has 0 bridgehead atoms. The zero-order valence-corrected chi connectivity index (χ0v) is 12.2. The molecule has 0 amide bonds. The van der Waals surface area contributed by atoms with Crippen LogP contribution in [0.2, 0.25) is 0 Å². The predicted octanol–water partition coefficient (Wildman–Crippen LogP) is 4.02. The van der Waals surface area contributed by atoms with E-state index < -0.39 is 18.0 Å². The van der Waals surface area contributed by atoms with Crippen LogP contribution in [-0.4, -0.2) is 20.6 Å². The summed E-state index contributed by atoms with van der Waals surface area (Å²) in [5.41, 5.74) is 0.624. The Morgan fingerprint density at radius 1 is 1.33 bits per heavy atom. The highest BCUT2D eigenvalue weighted by molar-refractivity contribution is 5.94. The third kappa shape index (κ3) is 3.53. The van der Waals surface area contributed by atoms with Gasteiger partial charge in [-0.05, 0) is 24.6 Å². The Morgan fingerprint density at radius 3 is 2.29 bits per heavy atom. The van der Waals surface area contributed by atoms with Crippen molar-refractivity contribution in [2.75, 3.05) is 0 Å². The summed E-state index contributed by atoms with van der Waals surface area (Å²) >= 11 is 0. The number of benzene rings is 1. The van der Waals surface area contributed by atoms with Gasteiger partial charge in [0.05, 0.1) is 16.6 Å². The summed E-state index contributed by atoms with van der Waals surface area (Å²) in [7, 11) is 1.25. The highest BCUT2D eigenvalue weighted by Crippen LogP contribution is 2.31. The number of halogens is 3. The predicted molar refractivity (Wildman–Crippen MR) is 73.4 cm³/mol. The summed E-state index contributed by atoms with van der Waals surface area (Å²) in [6, 6.07) is 2.54. The molecule has 0 fully saturated rings. The van der Waals surface area contributed by atoms with E-state index in [2.05, 4.69) is 18.8 Å². The Bertz CT molecular complexity index is 660. The number of carboxylic acid groups (broad SMARTS) is 1. The van der Waals surface area contributed by atoms with Gasteiger partial charge in [0.15, 0.2) is 0 Å². The zero-order valence-electron chi connectivity index (χ0n) is 12.2. The van der Waals surface area contributed by atoms with Gasteiger partial charge >= 0.3 is 12.1 Å². The number of aromatic carboxylic acids is 1. The maximum atomic E-state index is 12.6. The second-order valence-corrected chi connectivity index (χ2v) is 4.66. The van der Waals surface area contributed by atoms with Gasteiger partial charge in [-0.15, -0.1) is 0 Å². The molecular weight excluding hydrogens is 285 g/mol. The Labute approximate surface area is 120 Å². The largest absolute Gasteiger partial charge is 0.478 e. The van der Waals surface area contributed by atoms with E-state index >= 15 is 0 Å². The fourth-order valence-corrected chi connectivity index (χ4v) is 1.83. The molecule has 2 aromatic rings. The van der Waals surface area contributed by atoms with Crippen LogP contribution in [0.15, 0.2) is 12.1 Å². The van der Waals surface area contributed by atoms with E-state index in [0.29, 0.717) is 5.56 Å². The van der Waals surface area contributed by atoms with Gasteiger partial charge in [-0.1, -0.05) is 20.3 Å². The van der Waals surface area contributed by atoms with Crippen LogP contribution in [0.5, 0.6) is 0 Å². The molecule has 1 aromatic heterocycles. The van der Waals surface area contributed by atoms with Gasteiger partial charge in [0, 0.05) is 7.05 Å². The molecule has 4 nitrogen and oxygen atoms in total. The van der Waals surface area contributed by atoms with Crippen LogP contribution in [0.1, 0.15) is 42.0 Å². The SMILES string of the molecule is CCC.Cc1cc2c(cc1C(=O)O)nc(C(F)(F)F)n2C. The maximum absolute atomic E-state index is 12.6. The van der Waals surface area contributed by atoms with Crippen molar-refractivity contribution in [3.63, 3.8) is 0 Å². The number of imidazole rings is 1. The Kier molecular flexibility index (Phi) is 4.98. The van der Waals surface area contributed by atoms with E-state index in [4.69, 9.17) is 5.11 Å². The van der Waals surface area contributed by atoms with Gasteiger partial charge in [-0.3, -0.25) is 0 Å². The smallest absolute Gasteiger partial charge is 0.449 e.